The summed E-state index contributed by atoms with van der Waals surface area (Å²) in [6.45, 7) is 1.63. The minimum atomic E-state index is -1.03. The van der Waals surface area contributed by atoms with Gasteiger partial charge in [0.05, 0.1) is 25.8 Å². The zero-order valence-corrected chi connectivity index (χ0v) is 14.3. The van der Waals surface area contributed by atoms with Gasteiger partial charge in [0.25, 0.3) is 0 Å². The summed E-state index contributed by atoms with van der Waals surface area (Å²) in [5, 5.41) is 19.2. The first-order chi connectivity index (χ1) is 12.4. The highest BCUT2D eigenvalue weighted by Crippen LogP contribution is 2.32. The molecule has 0 saturated heterocycles. The van der Waals surface area contributed by atoms with Crippen LogP contribution in [0.4, 0.5) is 0 Å². The van der Waals surface area contributed by atoms with Crippen LogP contribution in [0.3, 0.4) is 0 Å². The molecule has 0 aliphatic rings. The molecule has 124 valence electrons. The third-order valence-electron chi connectivity index (χ3n) is 3.68. The van der Waals surface area contributed by atoms with Crippen LogP contribution in [0.2, 0.25) is 0 Å². The van der Waals surface area contributed by atoms with Gasteiger partial charge in [0, 0.05) is 5.56 Å². The number of ether oxygens (including phenoxy) is 1. The average Bonchev–Trinajstić information content (AvgIpc) is 3.03. The van der Waals surface area contributed by atoms with Crippen molar-refractivity contribution in [2.45, 2.75) is 6.92 Å². The van der Waals surface area contributed by atoms with Crippen LogP contribution in [0.1, 0.15) is 22.3 Å². The van der Waals surface area contributed by atoms with Crippen molar-refractivity contribution in [2.75, 3.05) is 7.11 Å². The molecule has 0 bridgehead atoms. The fourth-order valence-electron chi connectivity index (χ4n) is 2.42. The summed E-state index contributed by atoms with van der Waals surface area (Å²) in [7, 11) is 1.57. The number of hydrogen-bond acceptors (Lipinski definition) is 5. The molecule has 0 radical (unpaired) electrons. The molecule has 0 unspecified atom stereocenters. The highest BCUT2D eigenvalue weighted by atomic mass is 32.1. The molecule has 3 aromatic rings. The van der Waals surface area contributed by atoms with Crippen LogP contribution in [0.15, 0.2) is 42.4 Å². The van der Waals surface area contributed by atoms with Gasteiger partial charge in [0.15, 0.2) is 0 Å². The Labute approximate surface area is 150 Å². The molecule has 1 heterocycles. The first-order valence-corrected chi connectivity index (χ1v) is 8.16. The smallest absolute Gasteiger partial charge is 0.347 e. The fraction of sp³-hybridized carbons (Fsp3) is 0.105. The summed E-state index contributed by atoms with van der Waals surface area (Å²) in [6, 6.07) is 12.7. The van der Waals surface area contributed by atoms with Crippen molar-refractivity contribution in [1.82, 2.24) is 4.98 Å². The maximum Gasteiger partial charge on any atom is 0.347 e. The zero-order chi connectivity index (χ0) is 18.8. The Kier molecular flexibility index (Phi) is 4.15. The van der Waals surface area contributed by atoms with E-state index in [1.165, 1.54) is 0 Å². The van der Waals surface area contributed by atoms with Crippen molar-refractivity contribution in [3.63, 3.8) is 0 Å². The Bertz CT molecular complexity index is 1040. The summed E-state index contributed by atoms with van der Waals surface area (Å²) in [4.78, 5) is 15.6. The second-order valence-electron chi connectivity index (χ2n) is 5.26. The molecule has 25 heavy (non-hydrogen) atoms. The molecule has 1 N–H and O–H groups in total. The zero-order valence-electron chi connectivity index (χ0n) is 14.5. The van der Waals surface area contributed by atoms with Gasteiger partial charge in [-0.25, -0.2) is 9.78 Å². The molecule has 0 amide bonds. The van der Waals surface area contributed by atoms with E-state index in [1.807, 2.05) is 0 Å². The van der Waals surface area contributed by atoms with Crippen LogP contribution in [-0.4, -0.2) is 23.2 Å². The molecule has 3 rings (SSSR count). The van der Waals surface area contributed by atoms with Gasteiger partial charge in [-0.05, 0) is 36.2 Å². The van der Waals surface area contributed by atoms with Crippen molar-refractivity contribution in [2.24, 2.45) is 0 Å². The first-order valence-electron chi connectivity index (χ1n) is 7.85. The van der Waals surface area contributed by atoms with Gasteiger partial charge in [0.2, 0.25) is 0 Å². The van der Waals surface area contributed by atoms with Crippen molar-refractivity contribution in [3.05, 3.63) is 58.6 Å². The Balaban J connectivity index is 2.12. The number of rotatable bonds is 4. The van der Waals surface area contributed by atoms with E-state index in [9.17, 15) is 15.2 Å². The quantitative estimate of drug-likeness (QED) is 0.755. The molecule has 0 atom stereocenters. The van der Waals surface area contributed by atoms with Crippen LogP contribution in [0, 0.1) is 18.3 Å². The van der Waals surface area contributed by atoms with Gasteiger partial charge in [-0.1, -0.05) is 24.2 Å². The van der Waals surface area contributed by atoms with Gasteiger partial charge in [-0.15, -0.1) is 11.3 Å². The van der Waals surface area contributed by atoms with Crippen molar-refractivity contribution < 1.29 is 16.0 Å². The first kappa shape index (κ1) is 15.4. The number of aromatic nitrogens is 1. The molecule has 0 aliphatic heterocycles. The van der Waals surface area contributed by atoms with Gasteiger partial charge in [0.1, 0.15) is 15.6 Å². The van der Waals surface area contributed by atoms with Gasteiger partial charge < -0.3 is 9.84 Å². The molecule has 1 aromatic heterocycles. The van der Waals surface area contributed by atoms with Crippen molar-refractivity contribution in [1.29, 1.82) is 5.26 Å². The fourth-order valence-corrected chi connectivity index (χ4v) is 3.32. The summed E-state index contributed by atoms with van der Waals surface area (Å²) in [5.74, 6) is -0.345. The van der Waals surface area contributed by atoms with Crippen LogP contribution in [0.25, 0.3) is 21.7 Å². The second-order valence-corrected chi connectivity index (χ2v) is 6.26. The molecular weight excluding hydrogens is 336 g/mol. The summed E-state index contributed by atoms with van der Waals surface area (Å²) >= 11 is 1.04. The molecular formula is C19H14N2O3S. The number of hydrogen-bond donors (Lipinski definition) is 1. The van der Waals surface area contributed by atoms with Gasteiger partial charge in [-0.3, -0.25) is 0 Å². The topological polar surface area (TPSA) is 83.2 Å². The number of aromatic carboxylic acids is 1. The average molecular weight is 351 g/mol. The number of carboxylic acids is 1. The Morgan fingerprint density at radius 3 is 2.60 bits per heavy atom. The number of nitrogens with zero attached hydrogens (tertiary/aromatic N) is 2. The maximum atomic E-state index is 11.2. The number of benzene rings is 2. The lowest BCUT2D eigenvalue weighted by Crippen LogP contribution is -1.94. The third-order valence-corrected chi connectivity index (χ3v) is 4.87. The lowest BCUT2D eigenvalue weighted by Gasteiger charge is -2.07. The number of thiazole rings is 1. The highest BCUT2D eigenvalue weighted by molar-refractivity contribution is 7.17. The van der Waals surface area contributed by atoms with E-state index in [4.69, 9.17) is 6.11 Å². The van der Waals surface area contributed by atoms with E-state index >= 15 is 0 Å². The molecule has 5 nitrogen and oxygen atoms in total. The largest absolute Gasteiger partial charge is 0.497 e. The monoisotopic (exact) mass is 351 g/mol. The molecule has 0 fully saturated rings. The van der Waals surface area contributed by atoms with Gasteiger partial charge in [-0.2, -0.15) is 5.26 Å². The highest BCUT2D eigenvalue weighted by Gasteiger charge is 2.16. The van der Waals surface area contributed by atoms with Crippen molar-refractivity contribution >= 4 is 17.3 Å². The van der Waals surface area contributed by atoms with E-state index in [1.54, 1.807) is 50.4 Å². The molecule has 2 aromatic carbocycles. The van der Waals surface area contributed by atoms with Crippen LogP contribution in [-0.2, 0) is 0 Å². The number of carboxylic acid groups (broad SMARTS) is 1. The lowest BCUT2D eigenvalue weighted by molar-refractivity contribution is 0.0701. The number of methoxy groups -OCH3 is 1. The van der Waals surface area contributed by atoms with E-state index in [0.717, 1.165) is 16.9 Å². The van der Waals surface area contributed by atoms with Crippen molar-refractivity contribution in [3.8, 4) is 33.5 Å². The summed E-state index contributed by atoms with van der Waals surface area (Å²) in [6.07, 6.45) is 0. The van der Waals surface area contributed by atoms with E-state index in [2.05, 4.69) is 11.1 Å². The molecule has 0 spiro atoms. The summed E-state index contributed by atoms with van der Waals surface area (Å²) in [5.41, 5.74) is 2.57. The molecule has 0 saturated carbocycles. The minimum absolute atomic E-state index is 0.157. The van der Waals surface area contributed by atoms with Crippen LogP contribution < -0.4 is 4.74 Å². The van der Waals surface area contributed by atoms with Crippen LogP contribution in [0.5, 0.6) is 5.75 Å². The summed E-state index contributed by atoms with van der Waals surface area (Å²) < 4.78 is 13.5. The van der Waals surface area contributed by atoms with E-state index < -0.39 is 5.97 Å². The predicted octanol–water partition coefficient (Wildman–Crippen LogP) is 4.36. The molecule has 6 heteroatoms. The number of nitriles is 1. The van der Waals surface area contributed by atoms with Gasteiger partial charge >= 0.3 is 5.97 Å². The normalized spacial score (nSPS) is 10.8. The SMILES string of the molecule is [2H]c1cc(-c2nc(C)c(C(=O)O)s2)cc(C#N)c1-c1ccc(OC)cc1. The van der Waals surface area contributed by atoms with Crippen LogP contribution >= 0.6 is 11.3 Å². The van der Waals surface area contributed by atoms with E-state index in [0.29, 0.717) is 33.1 Å². The molecule has 0 aliphatic carbocycles. The Hall–Kier alpha value is -3.17. The number of aryl methyl sites for hydroxylation is 1. The standard InChI is InChI=1S/C19H14N2O3S/c1-11-17(19(22)23)25-18(21-11)13-5-8-16(14(9-13)10-20)12-3-6-15(24-2)7-4-12/h3-9H,1-2H3,(H,22,23)/i8D. The third kappa shape index (κ3) is 3.23. The maximum absolute atomic E-state index is 11.2. The number of carbonyl (C=O) groups is 1. The second kappa shape index (κ2) is 6.75. The predicted molar refractivity (Wildman–Crippen MR) is 95.9 cm³/mol. The Morgan fingerprint density at radius 1 is 1.32 bits per heavy atom. The minimum Gasteiger partial charge on any atom is -0.497 e. The lowest BCUT2D eigenvalue weighted by atomic mass is 9.98. The van der Waals surface area contributed by atoms with E-state index in [-0.39, 0.29) is 10.9 Å². The Morgan fingerprint density at radius 2 is 2.04 bits per heavy atom.